The number of carbonyl (C=O) groups is 1. The van der Waals surface area contributed by atoms with E-state index in [4.69, 9.17) is 4.74 Å². The molecule has 0 fully saturated rings. The Morgan fingerprint density at radius 3 is 2.50 bits per heavy atom. The molecule has 0 aliphatic heterocycles. The Morgan fingerprint density at radius 2 is 1.81 bits per heavy atom. The number of halogens is 1. The van der Waals surface area contributed by atoms with Crippen molar-refractivity contribution in [3.05, 3.63) is 83.3 Å². The van der Waals surface area contributed by atoms with Gasteiger partial charge in [-0.15, -0.1) is 0 Å². The summed E-state index contributed by atoms with van der Waals surface area (Å²) < 4.78 is 18.9. The van der Waals surface area contributed by atoms with Crippen LogP contribution < -0.4 is 10.1 Å². The van der Waals surface area contributed by atoms with Gasteiger partial charge in [0.25, 0.3) is 0 Å². The zero-order chi connectivity index (χ0) is 22.8. The van der Waals surface area contributed by atoms with Crippen LogP contribution in [0.5, 0.6) is 5.88 Å². The summed E-state index contributed by atoms with van der Waals surface area (Å²) >= 11 is 0. The summed E-state index contributed by atoms with van der Waals surface area (Å²) in [5, 5.41) is 13.6. The molecule has 1 unspecified atom stereocenters. The van der Waals surface area contributed by atoms with Gasteiger partial charge in [0.15, 0.2) is 5.65 Å². The molecule has 6 nitrogen and oxygen atoms in total. The van der Waals surface area contributed by atoms with Gasteiger partial charge in [-0.05, 0) is 61.4 Å². The molecule has 0 saturated heterocycles. The van der Waals surface area contributed by atoms with Crippen LogP contribution in [-0.4, -0.2) is 28.2 Å². The molecule has 2 N–H and O–H groups in total. The Balaban J connectivity index is 1.85. The molecule has 4 aromatic rings. The number of benzene rings is 2. The summed E-state index contributed by atoms with van der Waals surface area (Å²) in [7, 11) is 1.53. The van der Waals surface area contributed by atoms with Crippen LogP contribution in [0, 0.1) is 12.7 Å². The maximum Gasteiger partial charge on any atom is 0.337 e. The van der Waals surface area contributed by atoms with E-state index in [2.05, 4.69) is 15.3 Å². The zero-order valence-electron chi connectivity index (χ0n) is 17.9. The first-order chi connectivity index (χ1) is 15.4. The fourth-order valence-corrected chi connectivity index (χ4v) is 3.74. The number of nitrogens with one attached hydrogen (secondary N) is 1. The summed E-state index contributed by atoms with van der Waals surface area (Å²) in [6.45, 7) is 3.83. The summed E-state index contributed by atoms with van der Waals surface area (Å²) in [5.74, 6) is -0.930. The highest BCUT2D eigenvalue weighted by Crippen LogP contribution is 2.35. The van der Waals surface area contributed by atoms with Crippen molar-refractivity contribution >= 4 is 22.7 Å². The number of carboxylic acid groups (broad SMARTS) is 1. The first-order valence-corrected chi connectivity index (χ1v) is 10.1. The molecule has 2 aromatic heterocycles. The van der Waals surface area contributed by atoms with Crippen LogP contribution in [-0.2, 0) is 0 Å². The summed E-state index contributed by atoms with van der Waals surface area (Å²) in [6.07, 6.45) is 0. The van der Waals surface area contributed by atoms with Crippen LogP contribution >= 0.6 is 0 Å². The van der Waals surface area contributed by atoms with E-state index in [9.17, 15) is 14.3 Å². The van der Waals surface area contributed by atoms with Crippen molar-refractivity contribution in [3.63, 3.8) is 0 Å². The van der Waals surface area contributed by atoms with Crippen LogP contribution in [0.25, 0.3) is 22.2 Å². The lowest BCUT2D eigenvalue weighted by Gasteiger charge is -2.20. The highest BCUT2D eigenvalue weighted by atomic mass is 19.1. The van der Waals surface area contributed by atoms with Crippen molar-refractivity contribution in [3.8, 4) is 17.0 Å². The van der Waals surface area contributed by atoms with Gasteiger partial charge in [-0.25, -0.2) is 14.2 Å². The van der Waals surface area contributed by atoms with Crippen molar-refractivity contribution < 1.29 is 19.0 Å². The maximum atomic E-state index is 13.4. The molecule has 0 amide bonds. The highest BCUT2D eigenvalue weighted by molar-refractivity contribution is 5.94. The first-order valence-electron chi connectivity index (χ1n) is 10.1. The molecule has 4 rings (SSSR count). The lowest BCUT2D eigenvalue weighted by molar-refractivity contribution is 0.0698. The molecule has 0 aliphatic carbocycles. The fourth-order valence-electron chi connectivity index (χ4n) is 3.74. The number of hydrogen-bond donors (Lipinski definition) is 2. The molecule has 1 atom stereocenters. The van der Waals surface area contributed by atoms with E-state index < -0.39 is 5.97 Å². The van der Waals surface area contributed by atoms with Crippen LogP contribution in [0.2, 0.25) is 0 Å². The van der Waals surface area contributed by atoms with Gasteiger partial charge in [-0.1, -0.05) is 24.3 Å². The Kier molecular flexibility index (Phi) is 5.73. The maximum absolute atomic E-state index is 13.4. The topological polar surface area (TPSA) is 84.3 Å². The number of rotatable bonds is 6. The number of nitrogens with zero attached hydrogens (tertiary/aromatic N) is 2. The average Bonchev–Trinajstić information content (AvgIpc) is 2.78. The Hall–Kier alpha value is -4.00. The van der Waals surface area contributed by atoms with Crippen LogP contribution in [0.3, 0.4) is 0 Å². The van der Waals surface area contributed by atoms with Crippen LogP contribution in [0.15, 0.2) is 60.7 Å². The van der Waals surface area contributed by atoms with Gasteiger partial charge in [-0.3, -0.25) is 0 Å². The molecule has 162 valence electrons. The zero-order valence-corrected chi connectivity index (χ0v) is 17.9. The minimum Gasteiger partial charge on any atom is -0.480 e. The Labute approximate surface area is 184 Å². The van der Waals surface area contributed by atoms with Gasteiger partial charge >= 0.3 is 5.97 Å². The third-order valence-corrected chi connectivity index (χ3v) is 5.27. The number of anilines is 1. The molecule has 32 heavy (non-hydrogen) atoms. The number of ether oxygens (including phenoxy) is 1. The second-order valence-corrected chi connectivity index (χ2v) is 7.49. The third-order valence-electron chi connectivity index (χ3n) is 5.27. The Morgan fingerprint density at radius 1 is 1.09 bits per heavy atom. The van der Waals surface area contributed by atoms with E-state index >= 15 is 0 Å². The Bertz CT molecular complexity index is 1310. The van der Waals surface area contributed by atoms with Gasteiger partial charge < -0.3 is 15.2 Å². The van der Waals surface area contributed by atoms with E-state index in [1.165, 1.54) is 19.2 Å². The number of para-hydroxylation sites is 1. The predicted octanol–water partition coefficient (Wildman–Crippen LogP) is 5.62. The normalized spacial score (nSPS) is 11.9. The number of aromatic carboxylic acids is 1. The van der Waals surface area contributed by atoms with Gasteiger partial charge in [0.1, 0.15) is 5.82 Å². The number of pyridine rings is 2. The molecular weight excluding hydrogens is 409 g/mol. The number of aromatic nitrogens is 2. The first kappa shape index (κ1) is 21.2. The smallest absolute Gasteiger partial charge is 0.337 e. The van der Waals surface area contributed by atoms with Gasteiger partial charge in [0, 0.05) is 28.4 Å². The minimum absolute atomic E-state index is 0.196. The summed E-state index contributed by atoms with van der Waals surface area (Å²) in [6, 6.07) is 16.5. The molecule has 2 aromatic carbocycles. The largest absolute Gasteiger partial charge is 0.480 e. The molecule has 0 radical (unpaired) electrons. The van der Waals surface area contributed by atoms with Crippen molar-refractivity contribution in [1.29, 1.82) is 0 Å². The predicted molar refractivity (Wildman–Crippen MR) is 122 cm³/mol. The van der Waals surface area contributed by atoms with E-state index in [0.29, 0.717) is 22.8 Å². The lowest BCUT2D eigenvalue weighted by Crippen LogP contribution is -2.12. The number of fused-ring (bicyclic) bond motifs is 1. The molecule has 7 heteroatoms. The molecule has 0 saturated carbocycles. The van der Waals surface area contributed by atoms with E-state index in [-0.39, 0.29) is 17.4 Å². The van der Waals surface area contributed by atoms with E-state index in [1.807, 2.05) is 26.0 Å². The molecule has 0 aliphatic rings. The molecule has 0 spiro atoms. The molecule has 0 bridgehead atoms. The summed E-state index contributed by atoms with van der Waals surface area (Å²) in [5.41, 5.74) is 4.40. The molecule has 2 heterocycles. The van der Waals surface area contributed by atoms with E-state index in [0.717, 1.165) is 22.2 Å². The van der Waals surface area contributed by atoms with E-state index in [1.54, 1.807) is 36.4 Å². The van der Waals surface area contributed by atoms with Gasteiger partial charge in [-0.2, -0.15) is 4.98 Å². The van der Waals surface area contributed by atoms with Crippen molar-refractivity contribution in [2.45, 2.75) is 19.9 Å². The number of carboxylic acids is 1. The van der Waals surface area contributed by atoms with Gasteiger partial charge in [0.05, 0.1) is 12.7 Å². The quantitative estimate of drug-likeness (QED) is 0.412. The van der Waals surface area contributed by atoms with Crippen molar-refractivity contribution in [2.24, 2.45) is 0 Å². The fraction of sp³-hybridized carbons (Fsp3) is 0.160. The second-order valence-electron chi connectivity index (χ2n) is 7.49. The number of methoxy groups -OCH3 is 1. The monoisotopic (exact) mass is 431 g/mol. The summed E-state index contributed by atoms with van der Waals surface area (Å²) in [4.78, 5) is 20.8. The third kappa shape index (κ3) is 4.09. The average molecular weight is 431 g/mol. The van der Waals surface area contributed by atoms with Gasteiger partial charge in [0.2, 0.25) is 5.88 Å². The lowest BCUT2D eigenvalue weighted by atomic mass is 9.99. The minimum atomic E-state index is -0.999. The highest BCUT2D eigenvalue weighted by Gasteiger charge is 2.18. The SMILES string of the molecule is COc1nc2nc(C)cc(C(C)Nc3ccccc3C(=O)O)c2cc1-c1ccc(F)cc1. The van der Waals surface area contributed by atoms with Crippen molar-refractivity contribution in [1.82, 2.24) is 9.97 Å². The molecular formula is C25H22FN3O3. The standard InChI is InChI=1S/C25H22FN3O3/c1-14-12-19(15(2)28-22-7-5-4-6-18(22)25(30)31)21-13-20(16-8-10-17(26)11-9-16)24(32-3)29-23(21)27-14/h4-13,15,28H,1-3H3,(H,30,31). The number of hydrogen-bond acceptors (Lipinski definition) is 5. The van der Waals surface area contributed by atoms with Crippen LogP contribution in [0.4, 0.5) is 10.1 Å². The number of aryl methyl sites for hydroxylation is 1. The second kappa shape index (κ2) is 8.63. The van der Waals surface area contributed by atoms with Crippen LogP contribution in [0.1, 0.15) is 34.6 Å². The van der Waals surface area contributed by atoms with Crippen molar-refractivity contribution in [2.75, 3.05) is 12.4 Å².